The number of rotatable bonds is 2. The van der Waals surface area contributed by atoms with Gasteiger partial charge in [-0.3, -0.25) is 5.41 Å². The van der Waals surface area contributed by atoms with Gasteiger partial charge in [0.05, 0.1) is 0 Å². The highest BCUT2D eigenvalue weighted by Gasteiger charge is 2.21. The highest BCUT2D eigenvalue weighted by atomic mass is 15.2. The molecule has 1 unspecified atom stereocenters. The molecule has 3 nitrogen and oxygen atoms in total. The molecule has 16 heavy (non-hydrogen) atoms. The summed E-state index contributed by atoms with van der Waals surface area (Å²) in [5.41, 5.74) is 8.79. The summed E-state index contributed by atoms with van der Waals surface area (Å²) in [6, 6.07) is 6.66. The lowest BCUT2D eigenvalue weighted by atomic mass is 10.1. The third-order valence-electron chi connectivity index (χ3n) is 3.37. The lowest BCUT2D eigenvalue weighted by Crippen LogP contribution is -2.27. The molecule has 1 aromatic rings. The predicted molar refractivity (Wildman–Crippen MR) is 68.2 cm³/mol. The number of nitrogens with two attached hydrogens (primary N) is 1. The highest BCUT2D eigenvalue weighted by molar-refractivity contribution is 5.95. The molecule has 0 aliphatic carbocycles. The van der Waals surface area contributed by atoms with Crippen LogP contribution in [0.4, 0.5) is 5.69 Å². The average molecular weight is 217 g/mol. The fraction of sp³-hybridized carbons (Fsp3) is 0.462. The molecule has 1 aliphatic rings. The minimum Gasteiger partial charge on any atom is -0.384 e. The zero-order chi connectivity index (χ0) is 11.7. The van der Waals surface area contributed by atoms with E-state index in [0.717, 1.165) is 12.1 Å². The van der Waals surface area contributed by atoms with Crippen LogP contribution < -0.4 is 10.6 Å². The van der Waals surface area contributed by atoms with E-state index >= 15 is 0 Å². The Morgan fingerprint density at radius 1 is 1.50 bits per heavy atom. The quantitative estimate of drug-likeness (QED) is 0.590. The van der Waals surface area contributed by atoms with E-state index in [4.69, 9.17) is 11.1 Å². The van der Waals surface area contributed by atoms with Gasteiger partial charge in [-0.2, -0.15) is 0 Å². The summed E-state index contributed by atoms with van der Waals surface area (Å²) in [6.07, 6.45) is 2.54. The van der Waals surface area contributed by atoms with E-state index in [0.29, 0.717) is 6.04 Å². The summed E-state index contributed by atoms with van der Waals surface area (Å²) in [4.78, 5) is 2.44. The second kappa shape index (κ2) is 4.16. The molecule has 2 rings (SSSR count). The van der Waals surface area contributed by atoms with Gasteiger partial charge in [0.1, 0.15) is 5.84 Å². The number of anilines is 1. The fourth-order valence-electron chi connectivity index (χ4n) is 2.44. The maximum atomic E-state index is 7.42. The van der Waals surface area contributed by atoms with Gasteiger partial charge in [0.15, 0.2) is 0 Å². The van der Waals surface area contributed by atoms with Crippen molar-refractivity contribution in [2.24, 2.45) is 5.73 Å². The molecule has 1 fully saturated rings. The molecule has 1 aliphatic heterocycles. The number of nitrogens with zero attached hydrogens (tertiary/aromatic N) is 1. The lowest BCUT2D eigenvalue weighted by molar-refractivity contribution is 0.733. The van der Waals surface area contributed by atoms with Crippen molar-refractivity contribution in [1.82, 2.24) is 0 Å². The van der Waals surface area contributed by atoms with Crippen molar-refractivity contribution in [3.05, 3.63) is 29.3 Å². The maximum Gasteiger partial charge on any atom is 0.122 e. The molecule has 1 atom stereocenters. The first-order valence-corrected chi connectivity index (χ1v) is 5.81. The van der Waals surface area contributed by atoms with Gasteiger partial charge in [-0.1, -0.05) is 0 Å². The number of benzene rings is 1. The molecule has 0 aromatic heterocycles. The summed E-state index contributed by atoms with van der Waals surface area (Å²) < 4.78 is 0. The van der Waals surface area contributed by atoms with Crippen molar-refractivity contribution < 1.29 is 0 Å². The van der Waals surface area contributed by atoms with Crippen LogP contribution in [0.15, 0.2) is 18.2 Å². The minimum atomic E-state index is 0.143. The first kappa shape index (κ1) is 11.0. The Bertz CT molecular complexity index is 412. The third-order valence-corrected chi connectivity index (χ3v) is 3.37. The molecule has 3 heteroatoms. The van der Waals surface area contributed by atoms with Crippen molar-refractivity contribution in [1.29, 1.82) is 5.41 Å². The monoisotopic (exact) mass is 217 g/mol. The molecule has 3 N–H and O–H groups in total. The molecule has 0 saturated carbocycles. The normalized spacial score (nSPS) is 20.1. The lowest BCUT2D eigenvalue weighted by Gasteiger charge is -2.25. The number of aryl methyl sites for hydroxylation is 1. The van der Waals surface area contributed by atoms with Gasteiger partial charge in [0.25, 0.3) is 0 Å². The van der Waals surface area contributed by atoms with Crippen LogP contribution in [0.1, 0.15) is 30.9 Å². The Morgan fingerprint density at radius 3 is 2.75 bits per heavy atom. The first-order chi connectivity index (χ1) is 7.59. The molecule has 0 bridgehead atoms. The highest BCUT2D eigenvalue weighted by Crippen LogP contribution is 2.28. The largest absolute Gasteiger partial charge is 0.384 e. The van der Waals surface area contributed by atoms with Gasteiger partial charge < -0.3 is 10.6 Å². The molecule has 1 aromatic carbocycles. The van der Waals surface area contributed by atoms with Crippen LogP contribution in [0.2, 0.25) is 0 Å². The Balaban J connectivity index is 2.32. The van der Waals surface area contributed by atoms with Gasteiger partial charge in [-0.25, -0.2) is 0 Å². The van der Waals surface area contributed by atoms with Gasteiger partial charge in [-0.05, 0) is 50.5 Å². The second-order valence-electron chi connectivity index (χ2n) is 4.60. The van der Waals surface area contributed by atoms with E-state index < -0.39 is 0 Å². The van der Waals surface area contributed by atoms with Gasteiger partial charge in [0.2, 0.25) is 0 Å². The third kappa shape index (κ3) is 1.90. The van der Waals surface area contributed by atoms with Crippen LogP contribution in [-0.2, 0) is 0 Å². The Labute approximate surface area is 96.8 Å². The number of nitrogens with one attached hydrogen (secondary N) is 1. The summed E-state index contributed by atoms with van der Waals surface area (Å²) in [5, 5.41) is 7.42. The number of hydrogen-bond donors (Lipinski definition) is 2. The van der Waals surface area contributed by atoms with Gasteiger partial charge in [0, 0.05) is 23.8 Å². The molecule has 86 valence electrons. The minimum absolute atomic E-state index is 0.143. The molecular formula is C13H19N3. The Morgan fingerprint density at radius 2 is 2.25 bits per heavy atom. The van der Waals surface area contributed by atoms with E-state index in [1.165, 1.54) is 24.1 Å². The SMILES string of the molecule is Cc1cc(C(=N)N)ccc1N1CCCC1C. The summed E-state index contributed by atoms with van der Waals surface area (Å²) in [5.74, 6) is 0.143. The number of amidine groups is 1. The second-order valence-corrected chi connectivity index (χ2v) is 4.60. The zero-order valence-corrected chi connectivity index (χ0v) is 9.96. The van der Waals surface area contributed by atoms with Crippen molar-refractivity contribution in [2.45, 2.75) is 32.7 Å². The average Bonchev–Trinajstić information content (AvgIpc) is 2.64. The van der Waals surface area contributed by atoms with E-state index in [2.05, 4.69) is 24.8 Å². The number of nitrogen functional groups attached to an aromatic ring is 1. The molecule has 1 saturated heterocycles. The van der Waals surface area contributed by atoms with Crippen molar-refractivity contribution in [2.75, 3.05) is 11.4 Å². The molecule has 1 heterocycles. The van der Waals surface area contributed by atoms with Crippen LogP contribution in [0.3, 0.4) is 0 Å². The smallest absolute Gasteiger partial charge is 0.122 e. The van der Waals surface area contributed by atoms with Crippen LogP contribution in [0.5, 0.6) is 0 Å². The summed E-state index contributed by atoms with van der Waals surface area (Å²) in [7, 11) is 0. The van der Waals surface area contributed by atoms with E-state index in [9.17, 15) is 0 Å². The molecule has 0 amide bonds. The van der Waals surface area contributed by atoms with Crippen molar-refractivity contribution in [3.8, 4) is 0 Å². The van der Waals surface area contributed by atoms with Gasteiger partial charge in [-0.15, -0.1) is 0 Å². The van der Waals surface area contributed by atoms with Gasteiger partial charge >= 0.3 is 0 Å². The van der Waals surface area contributed by atoms with Crippen LogP contribution in [-0.4, -0.2) is 18.4 Å². The first-order valence-electron chi connectivity index (χ1n) is 5.81. The molecule has 0 spiro atoms. The van der Waals surface area contributed by atoms with E-state index in [1.54, 1.807) is 0 Å². The summed E-state index contributed by atoms with van der Waals surface area (Å²) >= 11 is 0. The standard InChI is InChI=1S/C13H19N3/c1-9-8-11(13(14)15)5-6-12(9)16-7-3-4-10(16)2/h5-6,8,10H,3-4,7H2,1-2H3,(H3,14,15). The Hall–Kier alpha value is -1.51. The van der Waals surface area contributed by atoms with Crippen molar-refractivity contribution in [3.63, 3.8) is 0 Å². The molecule has 0 radical (unpaired) electrons. The topological polar surface area (TPSA) is 53.1 Å². The molecular weight excluding hydrogens is 198 g/mol. The zero-order valence-electron chi connectivity index (χ0n) is 9.96. The van der Waals surface area contributed by atoms with Crippen LogP contribution in [0.25, 0.3) is 0 Å². The maximum absolute atomic E-state index is 7.42. The van der Waals surface area contributed by atoms with Crippen molar-refractivity contribution >= 4 is 11.5 Å². The van der Waals surface area contributed by atoms with Crippen LogP contribution in [0, 0.1) is 12.3 Å². The fourth-order valence-corrected chi connectivity index (χ4v) is 2.44. The predicted octanol–water partition coefficient (Wildman–Crippen LogP) is 2.27. The Kier molecular flexibility index (Phi) is 2.86. The van der Waals surface area contributed by atoms with E-state index in [-0.39, 0.29) is 5.84 Å². The van der Waals surface area contributed by atoms with E-state index in [1.807, 2.05) is 12.1 Å². The van der Waals surface area contributed by atoms with Crippen LogP contribution >= 0.6 is 0 Å². The number of hydrogen-bond acceptors (Lipinski definition) is 2. The summed E-state index contributed by atoms with van der Waals surface area (Å²) in [6.45, 7) is 5.50.